The van der Waals surface area contributed by atoms with E-state index < -0.39 is 0 Å². The Bertz CT molecular complexity index is 3090. The molecule has 0 amide bonds. The summed E-state index contributed by atoms with van der Waals surface area (Å²) < 4.78 is 4.77. The number of rotatable bonds is 5. The quantitative estimate of drug-likeness (QED) is 0.181. The molecule has 250 valence electrons. The first-order chi connectivity index (χ1) is 26.7. The fraction of sp³-hybridized carbons (Fsp3) is 0. The van der Waals surface area contributed by atoms with Crippen molar-refractivity contribution in [3.8, 4) is 56.9 Å². The van der Waals surface area contributed by atoms with Gasteiger partial charge in [0.15, 0.2) is 0 Å². The highest BCUT2D eigenvalue weighted by atomic mass is 15.0. The largest absolute Gasteiger partial charge is 0.309 e. The lowest BCUT2D eigenvalue weighted by molar-refractivity contribution is 1.17. The van der Waals surface area contributed by atoms with Gasteiger partial charge in [-0.2, -0.15) is 10.5 Å². The van der Waals surface area contributed by atoms with Gasteiger partial charge in [-0.25, -0.2) is 0 Å². The molecule has 10 aromatic rings. The summed E-state index contributed by atoms with van der Waals surface area (Å²) in [6, 6.07) is 68.0. The van der Waals surface area contributed by atoms with Gasteiger partial charge in [0.25, 0.3) is 0 Å². The molecule has 2 aromatic heterocycles. The molecule has 0 atom stereocenters. The van der Waals surface area contributed by atoms with Crippen molar-refractivity contribution < 1.29 is 0 Å². The number of hydrogen-bond donors (Lipinski definition) is 0. The van der Waals surface area contributed by atoms with E-state index in [1.165, 1.54) is 21.5 Å². The van der Waals surface area contributed by atoms with Crippen molar-refractivity contribution >= 4 is 43.6 Å². The summed E-state index contributed by atoms with van der Waals surface area (Å²) in [6.07, 6.45) is 0. The third-order valence-electron chi connectivity index (χ3n) is 10.6. The molecule has 0 radical (unpaired) electrons. The first kappa shape index (κ1) is 31.1. The van der Waals surface area contributed by atoms with Gasteiger partial charge in [-0.1, -0.05) is 121 Å². The zero-order chi connectivity index (χ0) is 36.2. The molecular weight excluding hydrogens is 657 g/mol. The summed E-state index contributed by atoms with van der Waals surface area (Å²) in [5.74, 6) is 0. The minimum Gasteiger partial charge on any atom is -0.309 e. The Balaban J connectivity index is 1.32. The first-order valence-corrected chi connectivity index (χ1v) is 18.0. The van der Waals surface area contributed by atoms with E-state index in [4.69, 9.17) is 0 Å². The van der Waals surface area contributed by atoms with Gasteiger partial charge in [-0.3, -0.25) is 0 Å². The number of fused-ring (bicyclic) bond motifs is 6. The molecule has 4 heteroatoms. The van der Waals surface area contributed by atoms with Crippen molar-refractivity contribution in [2.45, 2.75) is 0 Å². The van der Waals surface area contributed by atoms with Gasteiger partial charge in [-0.15, -0.1) is 0 Å². The van der Waals surface area contributed by atoms with Crippen LogP contribution < -0.4 is 0 Å². The number of para-hydroxylation sites is 5. The average molecular weight is 687 g/mol. The Labute approximate surface area is 312 Å². The van der Waals surface area contributed by atoms with Crippen LogP contribution in [0.5, 0.6) is 0 Å². The van der Waals surface area contributed by atoms with Crippen LogP contribution in [0.2, 0.25) is 0 Å². The highest BCUT2D eigenvalue weighted by molar-refractivity contribution is 6.11. The van der Waals surface area contributed by atoms with Gasteiger partial charge < -0.3 is 9.13 Å². The fourth-order valence-corrected chi connectivity index (χ4v) is 8.31. The standard InChI is InChI=1S/C50H30N4/c51-31-33-27-28-36(32-52)43(29-33)34-13-11-14-35(30-34)50-42(20-12-26-49(50)54-46-23-8-3-17-39(46)40-18-4-9-24-47(40)54)41-19-5-10-25-48(41)53-44-21-6-1-15-37(44)38-16-2-7-22-45(38)53/h1-30H. The Morgan fingerprint density at radius 3 is 1.43 bits per heavy atom. The van der Waals surface area contributed by atoms with Crippen LogP contribution in [0.4, 0.5) is 0 Å². The van der Waals surface area contributed by atoms with E-state index in [0.29, 0.717) is 11.1 Å². The highest BCUT2D eigenvalue weighted by Gasteiger charge is 2.22. The molecule has 0 N–H and O–H groups in total. The fourth-order valence-electron chi connectivity index (χ4n) is 8.31. The molecule has 0 bridgehead atoms. The van der Waals surface area contributed by atoms with Gasteiger partial charge >= 0.3 is 0 Å². The lowest BCUT2D eigenvalue weighted by atomic mass is 9.89. The number of hydrogen-bond acceptors (Lipinski definition) is 2. The summed E-state index contributed by atoms with van der Waals surface area (Å²) in [7, 11) is 0. The molecule has 8 aromatic carbocycles. The van der Waals surface area contributed by atoms with Crippen molar-refractivity contribution in [2.75, 3.05) is 0 Å². The van der Waals surface area contributed by atoms with Crippen LogP contribution >= 0.6 is 0 Å². The number of nitriles is 2. The molecule has 4 nitrogen and oxygen atoms in total. The molecule has 54 heavy (non-hydrogen) atoms. The normalized spacial score (nSPS) is 11.3. The Morgan fingerprint density at radius 1 is 0.352 bits per heavy atom. The van der Waals surface area contributed by atoms with Gasteiger partial charge in [-0.05, 0) is 77.4 Å². The van der Waals surface area contributed by atoms with Crippen LogP contribution in [0.1, 0.15) is 11.1 Å². The van der Waals surface area contributed by atoms with E-state index in [0.717, 1.165) is 66.8 Å². The second-order valence-corrected chi connectivity index (χ2v) is 13.5. The zero-order valence-electron chi connectivity index (χ0n) is 29.1. The third kappa shape index (κ3) is 4.76. The second-order valence-electron chi connectivity index (χ2n) is 13.5. The Kier molecular flexibility index (Phi) is 7.22. The van der Waals surface area contributed by atoms with Crippen molar-refractivity contribution in [1.82, 2.24) is 9.13 Å². The van der Waals surface area contributed by atoms with E-state index in [-0.39, 0.29) is 0 Å². The van der Waals surface area contributed by atoms with Gasteiger partial charge in [0, 0.05) is 38.2 Å². The lowest BCUT2D eigenvalue weighted by Gasteiger charge is -2.21. The average Bonchev–Trinajstić information content (AvgIpc) is 3.76. The Hall–Kier alpha value is -7.66. The monoisotopic (exact) mass is 686 g/mol. The maximum absolute atomic E-state index is 10.1. The minimum absolute atomic E-state index is 0.515. The molecule has 0 aliphatic heterocycles. The topological polar surface area (TPSA) is 57.4 Å². The zero-order valence-corrected chi connectivity index (χ0v) is 29.1. The second kappa shape index (κ2) is 12.5. The summed E-state index contributed by atoms with van der Waals surface area (Å²) in [5.41, 5.74) is 13.6. The van der Waals surface area contributed by atoms with E-state index in [1.807, 2.05) is 12.1 Å². The van der Waals surface area contributed by atoms with Crippen LogP contribution in [0.25, 0.3) is 88.4 Å². The van der Waals surface area contributed by atoms with Crippen LogP contribution in [-0.4, -0.2) is 9.13 Å². The van der Waals surface area contributed by atoms with Crippen LogP contribution in [0.15, 0.2) is 182 Å². The third-order valence-corrected chi connectivity index (χ3v) is 10.6. The van der Waals surface area contributed by atoms with Crippen molar-refractivity contribution in [1.29, 1.82) is 10.5 Å². The molecule has 0 fully saturated rings. The van der Waals surface area contributed by atoms with Crippen molar-refractivity contribution in [2.24, 2.45) is 0 Å². The van der Waals surface area contributed by atoms with E-state index in [2.05, 4.69) is 179 Å². The lowest BCUT2D eigenvalue weighted by Crippen LogP contribution is -2.02. The van der Waals surface area contributed by atoms with Gasteiger partial charge in [0.2, 0.25) is 0 Å². The van der Waals surface area contributed by atoms with Gasteiger partial charge in [0.05, 0.1) is 56.7 Å². The summed E-state index contributed by atoms with van der Waals surface area (Å²) in [4.78, 5) is 0. The summed E-state index contributed by atoms with van der Waals surface area (Å²) >= 11 is 0. The molecule has 0 saturated carbocycles. The summed E-state index contributed by atoms with van der Waals surface area (Å²) in [5, 5.41) is 24.7. The molecular formula is C50H30N4. The predicted molar refractivity (Wildman–Crippen MR) is 221 cm³/mol. The van der Waals surface area contributed by atoms with Crippen molar-refractivity contribution in [3.05, 3.63) is 193 Å². The molecule has 2 heterocycles. The molecule has 0 aliphatic rings. The Morgan fingerprint density at radius 2 is 0.833 bits per heavy atom. The smallest absolute Gasteiger partial charge is 0.0998 e. The first-order valence-electron chi connectivity index (χ1n) is 18.0. The van der Waals surface area contributed by atoms with E-state index in [1.54, 1.807) is 12.1 Å². The minimum atomic E-state index is 0.515. The number of aromatic nitrogens is 2. The number of nitrogens with zero attached hydrogens (tertiary/aromatic N) is 4. The van der Waals surface area contributed by atoms with Crippen LogP contribution in [0, 0.1) is 22.7 Å². The molecule has 0 aliphatic carbocycles. The number of benzene rings is 8. The molecule has 10 rings (SSSR count). The summed E-state index contributed by atoms with van der Waals surface area (Å²) in [6.45, 7) is 0. The van der Waals surface area contributed by atoms with Crippen LogP contribution in [0.3, 0.4) is 0 Å². The SMILES string of the molecule is N#Cc1ccc(C#N)c(-c2cccc(-c3c(-c4ccccc4-n4c5ccccc5c5ccccc54)cccc3-n3c4ccccc4c4ccccc43)c2)c1. The van der Waals surface area contributed by atoms with E-state index >= 15 is 0 Å². The predicted octanol–water partition coefficient (Wildman–Crippen LogP) is 12.6. The van der Waals surface area contributed by atoms with Crippen LogP contribution in [-0.2, 0) is 0 Å². The molecule has 0 spiro atoms. The maximum Gasteiger partial charge on any atom is 0.0998 e. The molecule has 0 unspecified atom stereocenters. The van der Waals surface area contributed by atoms with Gasteiger partial charge in [0.1, 0.15) is 0 Å². The molecule has 0 saturated heterocycles. The highest BCUT2D eigenvalue weighted by Crippen LogP contribution is 2.45. The van der Waals surface area contributed by atoms with Crippen molar-refractivity contribution in [3.63, 3.8) is 0 Å². The maximum atomic E-state index is 10.1. The van der Waals surface area contributed by atoms with E-state index in [9.17, 15) is 10.5 Å².